The SMILES string of the molecule is COC1(CN)CCCCC1.COC1(CN)CCN(c2cnc3c(-c4ccccc4Cl)[nH]nc3n2)CC1.COC1(CNC(=O)OCc2ccccc2)CCCCC1.COC1(CNC(=O)OCc2ccccc2)CCN(c2cnc3c(-c4ccccc4Cl)[nH]nc3n2)CC1.COC1(CNC(=O)OCc2ccccc2)CCNCC1.Clc1cnc2c(-c3ccccc3Cl)[nH]nc2n1. The summed E-state index contributed by atoms with van der Waals surface area (Å²) in [7, 11) is 8.61. The molecule has 3 saturated heterocycles. The average molecular weight is 1840 g/mol. The van der Waals surface area contributed by atoms with Crippen LogP contribution in [0.2, 0.25) is 20.2 Å². The summed E-state index contributed by atoms with van der Waals surface area (Å²) in [6.45, 7) is 8.29. The molecule has 2 saturated carbocycles. The number of aromatic amines is 3. The number of amides is 3. The maximum absolute atomic E-state index is 12.2. The molecule has 686 valence electrons. The highest BCUT2D eigenvalue weighted by molar-refractivity contribution is 6.34. The molecule has 12 aromatic rings. The summed E-state index contributed by atoms with van der Waals surface area (Å²) in [5.74, 6) is 1.57. The molecule has 11 N–H and O–H groups in total. The smallest absolute Gasteiger partial charge is 0.407 e. The Hall–Kier alpha value is -10.8. The fourth-order valence-electron chi connectivity index (χ4n) is 16.1. The van der Waals surface area contributed by atoms with Crippen LogP contribution in [0, 0.1) is 0 Å². The zero-order chi connectivity index (χ0) is 90.9. The number of methoxy groups -OCH3 is 5. The highest BCUT2D eigenvalue weighted by Crippen LogP contribution is 2.38. The number of hydrogen-bond donors (Lipinski definition) is 9. The van der Waals surface area contributed by atoms with Crippen LogP contribution in [0.4, 0.5) is 26.0 Å². The predicted molar refractivity (Wildman–Crippen MR) is 503 cm³/mol. The van der Waals surface area contributed by atoms with Crippen LogP contribution in [0.1, 0.15) is 119 Å². The number of carbonyl (C=O) groups is 3. The van der Waals surface area contributed by atoms with Crippen molar-refractivity contribution in [1.29, 1.82) is 0 Å². The molecule has 2 aliphatic carbocycles. The van der Waals surface area contributed by atoms with Crippen molar-refractivity contribution in [2.75, 3.05) is 117 Å². The molecule has 0 unspecified atom stereocenters. The van der Waals surface area contributed by atoms with Crippen LogP contribution < -0.4 is 42.5 Å². The van der Waals surface area contributed by atoms with Gasteiger partial charge < -0.3 is 80.4 Å². The molecule has 0 bridgehead atoms. The number of ether oxygens (including phenoxy) is 8. The number of hydrogen-bond acceptors (Lipinski definition) is 25. The highest BCUT2D eigenvalue weighted by Gasteiger charge is 2.39. The number of alkyl carbamates (subject to hydrolysis) is 3. The number of fused-ring (bicyclic) bond motifs is 3. The molecule has 0 spiro atoms. The number of carbonyl (C=O) groups excluding carboxylic acids is 3. The second-order valence-corrected chi connectivity index (χ2v) is 33.9. The molecule has 31 nitrogen and oxygen atoms in total. The zero-order valence-electron chi connectivity index (χ0n) is 73.6. The summed E-state index contributed by atoms with van der Waals surface area (Å²) >= 11 is 24.5. The van der Waals surface area contributed by atoms with Crippen LogP contribution in [-0.2, 0) is 57.7 Å². The lowest BCUT2D eigenvalue weighted by Crippen LogP contribution is -2.52. The van der Waals surface area contributed by atoms with Crippen molar-refractivity contribution < 1.29 is 52.3 Å². The monoisotopic (exact) mass is 1840 g/mol. The van der Waals surface area contributed by atoms with Gasteiger partial charge in [-0.3, -0.25) is 15.3 Å². The quantitative estimate of drug-likeness (QED) is 0.0254. The molecular weight excluding hydrogens is 1730 g/mol. The Balaban J connectivity index is 0.000000145. The minimum Gasteiger partial charge on any atom is -0.445 e. The Morgan fingerprint density at radius 1 is 0.372 bits per heavy atom. The number of nitrogens with zero attached hydrogens (tertiary/aromatic N) is 11. The van der Waals surface area contributed by atoms with Gasteiger partial charge in [-0.15, -0.1) is 0 Å². The number of H-pyrrole nitrogens is 3. The Morgan fingerprint density at radius 2 is 0.667 bits per heavy atom. The number of piperidine rings is 3. The van der Waals surface area contributed by atoms with Crippen molar-refractivity contribution in [1.82, 2.24) is 81.8 Å². The molecule has 0 atom stereocenters. The van der Waals surface area contributed by atoms with E-state index in [4.69, 9.17) is 101 Å². The molecule has 6 aromatic heterocycles. The summed E-state index contributed by atoms with van der Waals surface area (Å²) in [6.07, 6.45) is 20.6. The fourth-order valence-corrected chi connectivity index (χ4v) is 17.0. The van der Waals surface area contributed by atoms with Crippen molar-refractivity contribution in [2.45, 2.75) is 151 Å². The second kappa shape index (κ2) is 48.2. The standard InChI is InChI=1S/C26H27ClN6O3.C18H21ClN6O.C16H23NO3.C15H22N2O3.C11H6Cl2N4.C8H17NO/c1-35-26(17-29-25(34)36-16-18-7-3-2-4-8-18)11-13-33(14-12-26)21-15-28-23-22(31-32-24(23)30-21)19-9-5-6-10-20(19)27;1-26-18(11-20)6-8-25(9-7-18)14-10-21-16-15(23-24-17(16)22-14)12-4-2-3-5-13(12)19;1-19-16(10-6-3-7-11-16)13-17-15(18)20-12-14-8-4-2-5-9-14;1-19-15(7-9-16-10-8-15)12-17-14(18)20-11-13-5-3-2-4-6-13;12-7-4-2-1-3-6(7)9-10-11(17-16-9)15-8(13)5-14-10;1-10-8(7-9)5-3-2-4-6-8/h2-10,15H,11-14,16-17H2,1H3,(H,29,34)(H,30,31,32);2-5,10H,6-9,11,20H2,1H3,(H,22,23,24);2,4-5,8-9H,3,6-7,10-13H2,1H3,(H,17,18);2-6,16H,7-12H2,1H3,(H,17,18);1-5H,(H,15,16,17);2-7,9H2,1H3. The van der Waals surface area contributed by atoms with Crippen molar-refractivity contribution in [2.24, 2.45) is 11.5 Å². The maximum Gasteiger partial charge on any atom is 0.407 e. The van der Waals surface area contributed by atoms with Gasteiger partial charge in [0.1, 0.15) is 53.2 Å². The Kier molecular flexibility index (Phi) is 36.4. The molecule has 5 aliphatic rings. The van der Waals surface area contributed by atoms with E-state index in [1.165, 1.54) is 31.9 Å². The lowest BCUT2D eigenvalue weighted by atomic mass is 9.84. The zero-order valence-corrected chi connectivity index (χ0v) is 76.6. The van der Waals surface area contributed by atoms with Gasteiger partial charge in [0, 0.05) is 105 Å². The molecule has 17 rings (SSSR count). The molecule has 0 radical (unpaired) electrons. The van der Waals surface area contributed by atoms with Gasteiger partial charge in [-0.25, -0.2) is 44.3 Å². The first kappa shape index (κ1) is 97.3. The van der Waals surface area contributed by atoms with E-state index in [1.54, 1.807) is 47.9 Å². The normalized spacial score (nSPS) is 16.4. The van der Waals surface area contributed by atoms with Crippen LogP contribution in [0.25, 0.3) is 67.3 Å². The van der Waals surface area contributed by atoms with Gasteiger partial charge in [0.2, 0.25) is 16.9 Å². The van der Waals surface area contributed by atoms with E-state index >= 15 is 0 Å². The second-order valence-electron chi connectivity index (χ2n) is 32.3. The van der Waals surface area contributed by atoms with E-state index in [0.29, 0.717) is 119 Å². The third kappa shape index (κ3) is 27.0. The summed E-state index contributed by atoms with van der Waals surface area (Å²) in [4.78, 5) is 66.9. The third-order valence-corrected chi connectivity index (χ3v) is 25.6. The van der Waals surface area contributed by atoms with Gasteiger partial charge in [0.15, 0.2) is 0 Å². The summed E-state index contributed by atoms with van der Waals surface area (Å²) in [5, 5.41) is 35.6. The lowest BCUT2D eigenvalue weighted by Gasteiger charge is -2.41. The minimum atomic E-state index is -0.469. The lowest BCUT2D eigenvalue weighted by molar-refractivity contribution is -0.0373. The van der Waals surface area contributed by atoms with Gasteiger partial charge in [-0.2, -0.15) is 15.3 Å². The van der Waals surface area contributed by atoms with E-state index in [-0.39, 0.29) is 41.7 Å². The van der Waals surface area contributed by atoms with Gasteiger partial charge in [-0.05, 0) is 112 Å². The molecule has 6 aromatic carbocycles. The third-order valence-electron chi connectivity index (χ3n) is 24.4. The highest BCUT2D eigenvalue weighted by atomic mass is 35.5. The molecule has 9 heterocycles. The number of rotatable bonds is 24. The predicted octanol–water partition coefficient (Wildman–Crippen LogP) is 16.8. The molecule has 3 aliphatic heterocycles. The van der Waals surface area contributed by atoms with Crippen LogP contribution in [0.15, 0.2) is 182 Å². The van der Waals surface area contributed by atoms with E-state index in [2.05, 4.69) is 86.6 Å². The Labute approximate surface area is 771 Å². The molecule has 129 heavy (non-hydrogen) atoms. The summed E-state index contributed by atoms with van der Waals surface area (Å²) < 4.78 is 43.8. The maximum atomic E-state index is 12.2. The summed E-state index contributed by atoms with van der Waals surface area (Å²) in [6, 6.07) is 51.5. The van der Waals surface area contributed by atoms with Gasteiger partial charge >= 0.3 is 18.3 Å². The van der Waals surface area contributed by atoms with Gasteiger partial charge in [0.25, 0.3) is 0 Å². The molecule has 5 fully saturated rings. The minimum absolute atomic E-state index is 0.0399. The molecule has 35 heteroatoms. The van der Waals surface area contributed by atoms with Crippen molar-refractivity contribution in [3.05, 3.63) is 219 Å². The van der Waals surface area contributed by atoms with Crippen molar-refractivity contribution in [3.8, 4) is 33.8 Å². The van der Waals surface area contributed by atoms with Gasteiger partial charge in [-0.1, -0.05) is 231 Å². The van der Waals surface area contributed by atoms with Crippen LogP contribution in [-0.4, -0.2) is 214 Å². The Morgan fingerprint density at radius 3 is 1.00 bits per heavy atom. The first-order valence-corrected chi connectivity index (χ1v) is 45.0. The van der Waals surface area contributed by atoms with E-state index < -0.39 is 17.8 Å². The number of aromatic nitrogens is 12. The fraction of sp³-hybridized carbons (Fsp3) is 0.426. The number of nitrogens with two attached hydrogens (primary N) is 2. The van der Waals surface area contributed by atoms with Gasteiger partial charge in [0.05, 0.1) is 85.3 Å². The van der Waals surface area contributed by atoms with Crippen LogP contribution in [0.5, 0.6) is 0 Å². The van der Waals surface area contributed by atoms with Crippen LogP contribution in [0.3, 0.4) is 0 Å². The average Bonchev–Trinajstić information content (AvgIpc) is 1.65. The molecular formula is C94H116Cl4N20O11. The van der Waals surface area contributed by atoms with Crippen LogP contribution >= 0.6 is 46.4 Å². The van der Waals surface area contributed by atoms with Crippen molar-refractivity contribution >= 4 is 110 Å². The number of halogens is 4. The van der Waals surface area contributed by atoms with Crippen molar-refractivity contribution in [3.63, 3.8) is 0 Å². The van der Waals surface area contributed by atoms with E-state index in [9.17, 15) is 14.4 Å². The number of nitrogens with one attached hydrogen (secondary N) is 7. The van der Waals surface area contributed by atoms with E-state index in [1.807, 2.05) is 164 Å². The first-order valence-electron chi connectivity index (χ1n) is 43.5. The summed E-state index contributed by atoms with van der Waals surface area (Å²) in [5.41, 5.74) is 21.7. The number of benzene rings is 6. The van der Waals surface area contributed by atoms with E-state index in [0.717, 1.165) is 152 Å². The number of anilines is 2. The first-order chi connectivity index (χ1) is 62.8. The largest absolute Gasteiger partial charge is 0.445 e. The molecule has 3 amide bonds. The topological polar surface area (TPSA) is 395 Å². The Bertz CT molecular complexity index is 5380.